The van der Waals surface area contributed by atoms with E-state index in [0.717, 1.165) is 10.0 Å². The van der Waals surface area contributed by atoms with Crippen LogP contribution in [0.25, 0.3) is 0 Å². The maximum Gasteiger partial charge on any atom is 0.307 e. The van der Waals surface area contributed by atoms with Gasteiger partial charge >= 0.3 is 5.97 Å². The van der Waals surface area contributed by atoms with Gasteiger partial charge in [0.1, 0.15) is 0 Å². The number of methoxy groups -OCH3 is 1. The van der Waals surface area contributed by atoms with Crippen molar-refractivity contribution in [3.05, 3.63) is 34.3 Å². The number of hydrogen-bond acceptors (Lipinski definition) is 4. The third-order valence-corrected chi connectivity index (χ3v) is 3.05. The number of carbonyl (C=O) groups is 2. The molecule has 1 aromatic rings. The molecule has 0 heterocycles. The highest BCUT2D eigenvalue weighted by Gasteiger charge is 2.18. The van der Waals surface area contributed by atoms with E-state index in [4.69, 9.17) is 5.73 Å². The van der Waals surface area contributed by atoms with E-state index < -0.39 is 6.04 Å². The van der Waals surface area contributed by atoms with Crippen molar-refractivity contribution in [2.75, 3.05) is 13.7 Å². The summed E-state index contributed by atoms with van der Waals surface area (Å²) in [5.74, 6) is -0.561. The summed E-state index contributed by atoms with van der Waals surface area (Å²) in [4.78, 5) is 23.0. The zero-order valence-corrected chi connectivity index (χ0v) is 12.3. The van der Waals surface area contributed by atoms with Crippen LogP contribution >= 0.6 is 15.9 Å². The first kappa shape index (κ1) is 15.7. The fourth-order valence-electron chi connectivity index (χ4n) is 1.62. The van der Waals surface area contributed by atoms with Gasteiger partial charge in [0, 0.05) is 17.4 Å². The van der Waals surface area contributed by atoms with Crippen LogP contribution in [0.2, 0.25) is 0 Å². The van der Waals surface area contributed by atoms with Gasteiger partial charge in [0.15, 0.2) is 0 Å². The van der Waals surface area contributed by atoms with Crippen molar-refractivity contribution in [1.29, 1.82) is 0 Å². The topological polar surface area (TPSA) is 81.4 Å². The molecular weight excluding hydrogens is 312 g/mol. The second-order valence-corrected chi connectivity index (χ2v) is 4.91. The van der Waals surface area contributed by atoms with Gasteiger partial charge in [0.25, 0.3) is 0 Å². The molecule has 0 saturated heterocycles. The maximum atomic E-state index is 11.6. The van der Waals surface area contributed by atoms with Gasteiger partial charge < -0.3 is 15.8 Å². The highest BCUT2D eigenvalue weighted by Crippen LogP contribution is 2.21. The van der Waals surface area contributed by atoms with Crippen LogP contribution in [0, 0.1) is 0 Å². The van der Waals surface area contributed by atoms with Crippen molar-refractivity contribution in [2.24, 2.45) is 5.73 Å². The quantitative estimate of drug-likeness (QED) is 0.776. The molecule has 5 nitrogen and oxygen atoms in total. The van der Waals surface area contributed by atoms with E-state index in [1.165, 1.54) is 7.11 Å². The number of benzene rings is 1. The summed E-state index contributed by atoms with van der Waals surface area (Å²) in [5, 5.41) is 2.79. The van der Waals surface area contributed by atoms with Crippen LogP contribution in [0.1, 0.15) is 24.4 Å². The summed E-state index contributed by atoms with van der Waals surface area (Å²) in [6, 6.07) is 7.01. The molecule has 0 aliphatic rings. The lowest BCUT2D eigenvalue weighted by atomic mass is 10.0. The standard InChI is InChI=1S/C13H17BrN2O3/c1-19-13(18)8-11(16-12(17)5-6-15)9-3-2-4-10(14)7-9/h2-4,7,11H,5-6,8,15H2,1H3,(H,16,17). The molecule has 1 aromatic carbocycles. The van der Waals surface area contributed by atoms with Gasteiger partial charge in [-0.25, -0.2) is 0 Å². The first-order valence-corrected chi connectivity index (χ1v) is 6.67. The zero-order chi connectivity index (χ0) is 14.3. The Bertz CT molecular complexity index is 451. The average molecular weight is 329 g/mol. The fraction of sp³-hybridized carbons (Fsp3) is 0.385. The number of halogens is 1. The lowest BCUT2D eigenvalue weighted by Gasteiger charge is -2.18. The van der Waals surface area contributed by atoms with Crippen LogP contribution in [0.4, 0.5) is 0 Å². The van der Waals surface area contributed by atoms with Gasteiger partial charge in [0.2, 0.25) is 5.91 Å². The summed E-state index contributed by atoms with van der Waals surface area (Å²) in [6.45, 7) is 0.273. The largest absolute Gasteiger partial charge is 0.469 e. The molecule has 0 aromatic heterocycles. The van der Waals surface area contributed by atoms with Crippen molar-refractivity contribution in [3.63, 3.8) is 0 Å². The van der Waals surface area contributed by atoms with Gasteiger partial charge in [-0.3, -0.25) is 9.59 Å². The number of nitrogens with two attached hydrogens (primary N) is 1. The summed E-state index contributed by atoms with van der Waals surface area (Å²) < 4.78 is 5.53. The Morgan fingerprint density at radius 3 is 2.79 bits per heavy atom. The molecule has 0 saturated carbocycles. The molecule has 1 unspecified atom stereocenters. The van der Waals surface area contributed by atoms with Gasteiger partial charge in [-0.2, -0.15) is 0 Å². The lowest BCUT2D eigenvalue weighted by Crippen LogP contribution is -2.31. The van der Waals surface area contributed by atoms with Crippen LogP contribution in [0.3, 0.4) is 0 Å². The Labute approximate surface area is 120 Å². The summed E-state index contributed by atoms with van der Waals surface area (Å²) in [7, 11) is 1.32. The SMILES string of the molecule is COC(=O)CC(NC(=O)CCN)c1cccc(Br)c1. The molecule has 19 heavy (non-hydrogen) atoms. The molecule has 104 valence electrons. The molecule has 0 radical (unpaired) electrons. The Hall–Kier alpha value is -1.40. The smallest absolute Gasteiger partial charge is 0.307 e. The van der Waals surface area contributed by atoms with Crippen molar-refractivity contribution in [1.82, 2.24) is 5.32 Å². The molecular formula is C13H17BrN2O3. The van der Waals surface area contributed by atoms with Gasteiger partial charge in [-0.05, 0) is 17.7 Å². The molecule has 0 aliphatic carbocycles. The molecule has 0 fully saturated rings. The van der Waals surface area contributed by atoms with E-state index >= 15 is 0 Å². The van der Waals surface area contributed by atoms with Crippen LogP contribution in [0.15, 0.2) is 28.7 Å². The Balaban J connectivity index is 2.85. The second-order valence-electron chi connectivity index (χ2n) is 3.99. The summed E-state index contributed by atoms with van der Waals surface area (Å²) in [5.41, 5.74) is 6.17. The number of carbonyl (C=O) groups excluding carboxylic acids is 2. The molecule has 1 rings (SSSR count). The number of ether oxygens (including phenoxy) is 1. The normalized spacial score (nSPS) is 11.7. The van der Waals surface area contributed by atoms with E-state index in [-0.39, 0.29) is 31.3 Å². The van der Waals surface area contributed by atoms with Gasteiger partial charge in [-0.1, -0.05) is 28.1 Å². The van der Waals surface area contributed by atoms with Gasteiger partial charge in [-0.15, -0.1) is 0 Å². The number of hydrogen-bond donors (Lipinski definition) is 2. The number of amides is 1. The first-order valence-electron chi connectivity index (χ1n) is 5.88. The molecule has 1 amide bonds. The molecule has 1 atom stereocenters. The van der Waals surface area contributed by atoms with E-state index in [2.05, 4.69) is 26.0 Å². The predicted molar refractivity (Wildman–Crippen MR) is 75.3 cm³/mol. The zero-order valence-electron chi connectivity index (χ0n) is 10.7. The highest BCUT2D eigenvalue weighted by atomic mass is 79.9. The fourth-order valence-corrected chi connectivity index (χ4v) is 2.04. The number of esters is 1. The van der Waals surface area contributed by atoms with E-state index in [1.807, 2.05) is 24.3 Å². The van der Waals surface area contributed by atoms with E-state index in [1.54, 1.807) is 0 Å². The first-order chi connectivity index (χ1) is 9.06. The number of rotatable bonds is 6. The predicted octanol–water partition coefficient (Wildman–Crippen LogP) is 1.52. The van der Waals surface area contributed by atoms with Crippen LogP contribution < -0.4 is 11.1 Å². The van der Waals surface area contributed by atoms with Crippen molar-refractivity contribution >= 4 is 27.8 Å². The molecule has 0 spiro atoms. The third-order valence-electron chi connectivity index (χ3n) is 2.56. The minimum absolute atomic E-state index is 0.0866. The molecule has 0 aliphatic heterocycles. The molecule has 6 heteroatoms. The van der Waals surface area contributed by atoms with Crippen molar-refractivity contribution in [2.45, 2.75) is 18.9 Å². The monoisotopic (exact) mass is 328 g/mol. The maximum absolute atomic E-state index is 11.6. The third kappa shape index (κ3) is 5.40. The van der Waals surface area contributed by atoms with Crippen LogP contribution in [0.5, 0.6) is 0 Å². The Morgan fingerprint density at radius 1 is 1.47 bits per heavy atom. The number of nitrogens with one attached hydrogen (secondary N) is 1. The lowest BCUT2D eigenvalue weighted by molar-refractivity contribution is -0.141. The van der Waals surface area contributed by atoms with E-state index in [0.29, 0.717) is 0 Å². The average Bonchev–Trinajstić information content (AvgIpc) is 2.38. The minimum Gasteiger partial charge on any atom is -0.469 e. The summed E-state index contributed by atoms with van der Waals surface area (Å²) >= 11 is 3.36. The van der Waals surface area contributed by atoms with Crippen molar-refractivity contribution in [3.8, 4) is 0 Å². The van der Waals surface area contributed by atoms with Crippen LogP contribution in [-0.4, -0.2) is 25.5 Å². The van der Waals surface area contributed by atoms with Gasteiger partial charge in [0.05, 0.1) is 19.6 Å². The molecule has 0 bridgehead atoms. The second kappa shape index (κ2) is 7.91. The minimum atomic E-state index is -0.413. The highest BCUT2D eigenvalue weighted by molar-refractivity contribution is 9.10. The van der Waals surface area contributed by atoms with Crippen LogP contribution in [-0.2, 0) is 14.3 Å². The summed E-state index contributed by atoms with van der Waals surface area (Å²) in [6.07, 6.45) is 0.314. The Morgan fingerprint density at radius 2 is 2.21 bits per heavy atom. The molecule has 3 N–H and O–H groups in total. The Kier molecular flexibility index (Phi) is 6.52. The van der Waals surface area contributed by atoms with Crippen molar-refractivity contribution < 1.29 is 14.3 Å². The van der Waals surface area contributed by atoms with E-state index in [9.17, 15) is 9.59 Å².